The molecular weight excluding hydrogens is 334 g/mol. The molecule has 1 aliphatic heterocycles. The quantitative estimate of drug-likeness (QED) is 0.907. The van der Waals surface area contributed by atoms with Crippen LogP contribution < -0.4 is 4.72 Å². The first-order valence-electron chi connectivity index (χ1n) is 7.17. The number of rotatable bonds is 4. The third-order valence-corrected chi connectivity index (χ3v) is 6.07. The third-order valence-electron chi connectivity index (χ3n) is 3.66. The number of hydrogen-bond acceptors (Lipinski definition) is 5. The number of benzene rings is 1. The summed E-state index contributed by atoms with van der Waals surface area (Å²) in [5.41, 5.74) is 1.82. The number of nitrogens with one attached hydrogen (secondary N) is 1. The lowest BCUT2D eigenvalue weighted by Gasteiger charge is -2.38. The van der Waals surface area contributed by atoms with E-state index >= 15 is 0 Å². The van der Waals surface area contributed by atoms with E-state index < -0.39 is 10.0 Å². The maximum Gasteiger partial charge on any atom is 0.265 e. The molecule has 1 saturated heterocycles. The van der Waals surface area contributed by atoms with E-state index in [0.717, 1.165) is 11.3 Å². The van der Waals surface area contributed by atoms with Gasteiger partial charge in [-0.15, -0.1) is 0 Å². The molecule has 8 heteroatoms. The van der Waals surface area contributed by atoms with E-state index in [1.165, 1.54) is 11.5 Å². The van der Waals surface area contributed by atoms with E-state index in [2.05, 4.69) is 9.10 Å². The molecule has 2 aromatic rings. The second-order valence-corrected chi connectivity index (χ2v) is 8.19. The monoisotopic (exact) mass is 351 g/mol. The lowest BCUT2D eigenvalue weighted by molar-refractivity contribution is 0.0597. The van der Waals surface area contributed by atoms with Gasteiger partial charge in [-0.25, -0.2) is 13.1 Å². The SMILES string of the molecule is Cc1ccc(S(=O)(=O)NC2CN(C(=O)c3cc(C)ns3)C2)cc1. The van der Waals surface area contributed by atoms with Crippen LogP contribution in [0.2, 0.25) is 0 Å². The summed E-state index contributed by atoms with van der Waals surface area (Å²) in [6.45, 7) is 4.49. The van der Waals surface area contributed by atoms with Gasteiger partial charge in [0.25, 0.3) is 5.91 Å². The fourth-order valence-electron chi connectivity index (χ4n) is 2.34. The van der Waals surface area contributed by atoms with Crippen LogP contribution in [-0.4, -0.2) is 42.7 Å². The molecule has 0 radical (unpaired) electrons. The zero-order valence-electron chi connectivity index (χ0n) is 12.8. The summed E-state index contributed by atoms with van der Waals surface area (Å²) in [4.78, 5) is 14.6. The van der Waals surface area contributed by atoms with E-state index in [-0.39, 0.29) is 16.8 Å². The van der Waals surface area contributed by atoms with E-state index in [4.69, 9.17) is 0 Å². The van der Waals surface area contributed by atoms with Crippen LogP contribution in [0, 0.1) is 13.8 Å². The van der Waals surface area contributed by atoms with Crippen molar-refractivity contribution in [2.45, 2.75) is 24.8 Å². The van der Waals surface area contributed by atoms with Gasteiger partial charge in [0.05, 0.1) is 16.6 Å². The predicted octanol–water partition coefficient (Wildman–Crippen LogP) is 1.56. The predicted molar refractivity (Wildman–Crippen MR) is 88.0 cm³/mol. The molecule has 0 aliphatic carbocycles. The van der Waals surface area contributed by atoms with Gasteiger partial charge in [-0.1, -0.05) is 17.7 Å². The van der Waals surface area contributed by atoms with Gasteiger partial charge in [-0.05, 0) is 43.6 Å². The summed E-state index contributed by atoms with van der Waals surface area (Å²) in [7, 11) is -3.54. The fourth-order valence-corrected chi connectivity index (χ4v) is 4.29. The Labute approximate surface area is 139 Å². The summed E-state index contributed by atoms with van der Waals surface area (Å²) in [5.74, 6) is -0.0959. The second kappa shape index (κ2) is 6.03. The molecule has 0 bridgehead atoms. The van der Waals surface area contributed by atoms with Crippen molar-refractivity contribution >= 4 is 27.5 Å². The molecular formula is C15H17N3O3S2. The number of hydrogen-bond donors (Lipinski definition) is 1. The van der Waals surface area contributed by atoms with Gasteiger partial charge in [0.1, 0.15) is 4.88 Å². The average molecular weight is 351 g/mol. The molecule has 3 rings (SSSR count). The molecule has 6 nitrogen and oxygen atoms in total. The largest absolute Gasteiger partial charge is 0.335 e. The Hall–Kier alpha value is -1.77. The van der Waals surface area contributed by atoms with Crippen LogP contribution in [0.25, 0.3) is 0 Å². The third kappa shape index (κ3) is 3.44. The molecule has 2 heterocycles. The number of aryl methyl sites for hydroxylation is 2. The van der Waals surface area contributed by atoms with Gasteiger partial charge >= 0.3 is 0 Å². The average Bonchev–Trinajstić information content (AvgIpc) is 2.89. The standard InChI is InChI=1S/C15H17N3O3S2/c1-10-3-5-13(6-4-10)23(20,21)17-12-8-18(9-12)15(19)14-7-11(2)16-22-14/h3-7,12,17H,8-9H2,1-2H3. The summed E-state index contributed by atoms with van der Waals surface area (Å²) < 4.78 is 31.3. The highest BCUT2D eigenvalue weighted by Crippen LogP contribution is 2.19. The molecule has 1 aliphatic rings. The van der Waals surface area contributed by atoms with E-state index in [0.29, 0.717) is 18.0 Å². The number of nitrogens with zero attached hydrogens (tertiary/aromatic N) is 2. The molecule has 1 N–H and O–H groups in total. The minimum absolute atomic E-state index is 0.0959. The number of amides is 1. The zero-order valence-corrected chi connectivity index (χ0v) is 14.4. The normalized spacial score (nSPS) is 15.5. The van der Waals surface area contributed by atoms with Crippen LogP contribution in [0.1, 0.15) is 20.9 Å². The van der Waals surface area contributed by atoms with Crippen LogP contribution >= 0.6 is 11.5 Å². The molecule has 0 spiro atoms. The van der Waals surface area contributed by atoms with Crippen LogP contribution in [-0.2, 0) is 10.0 Å². The van der Waals surface area contributed by atoms with Gasteiger partial charge in [0, 0.05) is 13.1 Å². The Balaban J connectivity index is 1.59. The molecule has 0 unspecified atom stereocenters. The van der Waals surface area contributed by atoms with Gasteiger partial charge < -0.3 is 4.90 Å². The smallest absolute Gasteiger partial charge is 0.265 e. The van der Waals surface area contributed by atoms with Crippen LogP contribution in [0.4, 0.5) is 0 Å². The maximum atomic E-state index is 12.3. The Kier molecular flexibility index (Phi) is 4.22. The Morgan fingerprint density at radius 2 is 1.91 bits per heavy atom. The minimum Gasteiger partial charge on any atom is -0.335 e. The number of carbonyl (C=O) groups excluding carboxylic acids is 1. The number of aromatic nitrogens is 1. The molecule has 23 heavy (non-hydrogen) atoms. The van der Waals surface area contributed by atoms with Crippen LogP contribution in [0.3, 0.4) is 0 Å². The van der Waals surface area contributed by atoms with Crippen LogP contribution in [0.5, 0.6) is 0 Å². The number of likely N-dealkylation sites (tertiary alicyclic amines) is 1. The van der Waals surface area contributed by atoms with Crippen molar-refractivity contribution in [2.75, 3.05) is 13.1 Å². The lowest BCUT2D eigenvalue weighted by atomic mass is 10.1. The van der Waals surface area contributed by atoms with Crippen molar-refractivity contribution in [3.63, 3.8) is 0 Å². The van der Waals surface area contributed by atoms with Gasteiger partial charge in [-0.2, -0.15) is 4.37 Å². The first kappa shape index (κ1) is 16.1. The van der Waals surface area contributed by atoms with Crippen molar-refractivity contribution in [2.24, 2.45) is 0 Å². The van der Waals surface area contributed by atoms with E-state index in [1.54, 1.807) is 35.2 Å². The molecule has 1 amide bonds. The van der Waals surface area contributed by atoms with Gasteiger partial charge in [0.2, 0.25) is 10.0 Å². The molecule has 122 valence electrons. The van der Waals surface area contributed by atoms with E-state index in [1.807, 2.05) is 13.8 Å². The zero-order chi connectivity index (χ0) is 16.6. The summed E-state index contributed by atoms with van der Waals surface area (Å²) in [5, 5.41) is 0. The van der Waals surface area contributed by atoms with Gasteiger partial charge in [0.15, 0.2) is 0 Å². The van der Waals surface area contributed by atoms with Crippen molar-refractivity contribution in [3.05, 3.63) is 46.5 Å². The van der Waals surface area contributed by atoms with E-state index in [9.17, 15) is 13.2 Å². The lowest BCUT2D eigenvalue weighted by Crippen LogP contribution is -2.60. The minimum atomic E-state index is -3.54. The topological polar surface area (TPSA) is 79.4 Å². The van der Waals surface area contributed by atoms with Crippen molar-refractivity contribution < 1.29 is 13.2 Å². The molecule has 1 fully saturated rings. The molecule has 0 saturated carbocycles. The molecule has 1 aromatic heterocycles. The van der Waals surface area contributed by atoms with Gasteiger partial charge in [-0.3, -0.25) is 4.79 Å². The molecule has 1 aromatic carbocycles. The highest BCUT2D eigenvalue weighted by atomic mass is 32.2. The Morgan fingerprint density at radius 3 is 2.48 bits per heavy atom. The summed E-state index contributed by atoms with van der Waals surface area (Å²) in [6, 6.07) is 8.18. The highest BCUT2D eigenvalue weighted by molar-refractivity contribution is 7.89. The first-order chi connectivity index (χ1) is 10.8. The van der Waals surface area contributed by atoms with Crippen molar-refractivity contribution in [1.29, 1.82) is 0 Å². The second-order valence-electron chi connectivity index (χ2n) is 5.67. The number of carbonyl (C=O) groups is 1. The van der Waals surface area contributed by atoms with Crippen LogP contribution in [0.15, 0.2) is 35.2 Å². The fraction of sp³-hybridized carbons (Fsp3) is 0.333. The van der Waals surface area contributed by atoms with Crippen molar-refractivity contribution in [3.8, 4) is 0 Å². The van der Waals surface area contributed by atoms with Crippen molar-refractivity contribution in [1.82, 2.24) is 14.0 Å². The summed E-state index contributed by atoms with van der Waals surface area (Å²) >= 11 is 1.17. The Morgan fingerprint density at radius 1 is 1.26 bits per heavy atom. The summed E-state index contributed by atoms with van der Waals surface area (Å²) in [6.07, 6.45) is 0. The highest BCUT2D eigenvalue weighted by Gasteiger charge is 2.34. The Bertz CT molecular complexity index is 822. The number of sulfonamides is 1. The molecule has 0 atom stereocenters. The first-order valence-corrected chi connectivity index (χ1v) is 9.42. The maximum absolute atomic E-state index is 12.3.